The number of nitrogens with zero attached hydrogens (tertiary/aromatic N) is 1. The second kappa shape index (κ2) is 4.88. The number of ether oxygens (including phenoxy) is 1. The van der Waals surface area contributed by atoms with Crippen molar-refractivity contribution >= 4 is 12.2 Å². The highest BCUT2D eigenvalue weighted by Gasteiger charge is 2.53. The number of nitrogens with one attached hydrogen (secondary N) is 1. The number of H-pyrrole nitrogens is 1. The molecule has 8 heteroatoms. The number of hydrogen-bond acceptors (Lipinski definition) is 6. The summed E-state index contributed by atoms with van der Waals surface area (Å²) in [5.41, 5.74) is -2.10. The number of aliphatic hydroxyl groups excluding tert-OH is 3. The van der Waals surface area contributed by atoms with E-state index in [0.29, 0.717) is 0 Å². The lowest BCUT2D eigenvalue weighted by atomic mass is 9.97. The Kier molecular flexibility index (Phi) is 3.58. The summed E-state index contributed by atoms with van der Waals surface area (Å²) >= 11 is 4.94. The lowest BCUT2D eigenvalue weighted by Crippen LogP contribution is -2.44. The van der Waals surface area contributed by atoms with E-state index in [-0.39, 0.29) is 4.77 Å². The summed E-state index contributed by atoms with van der Waals surface area (Å²) in [6, 6.07) is 1.19. The standard InChI is InChI=1S/C11H12N2O5S/c1-2-11(5-14)8(17)7(16)9(18-11)13-4-3-6(15)12-10(13)19/h1,3-4,7-9,14,16-17H,5H2,(H,12,15,19)/t7-,8+,9-,11-/m1/s1. The smallest absolute Gasteiger partial charge is 0.251 e. The second-order valence-electron chi connectivity index (χ2n) is 4.15. The quantitative estimate of drug-likeness (QED) is 0.390. The third-order valence-electron chi connectivity index (χ3n) is 3.03. The number of aliphatic hydroxyl groups is 3. The van der Waals surface area contributed by atoms with Gasteiger partial charge in [-0.05, 0) is 12.2 Å². The van der Waals surface area contributed by atoms with Crippen molar-refractivity contribution in [2.75, 3.05) is 6.61 Å². The molecular weight excluding hydrogens is 272 g/mol. The predicted molar refractivity (Wildman–Crippen MR) is 66.7 cm³/mol. The van der Waals surface area contributed by atoms with Gasteiger partial charge in [-0.1, -0.05) is 5.92 Å². The molecule has 0 unspecified atom stereocenters. The minimum absolute atomic E-state index is 0.00881. The second-order valence-corrected chi connectivity index (χ2v) is 4.54. The number of terminal acetylenes is 1. The predicted octanol–water partition coefficient (Wildman–Crippen LogP) is -1.48. The first kappa shape index (κ1) is 13.9. The normalized spacial score (nSPS) is 34.1. The molecule has 1 saturated heterocycles. The number of aromatic amines is 1. The molecule has 2 heterocycles. The van der Waals surface area contributed by atoms with E-state index < -0.39 is 36.2 Å². The third-order valence-corrected chi connectivity index (χ3v) is 3.34. The van der Waals surface area contributed by atoms with Crippen LogP contribution in [-0.2, 0) is 4.74 Å². The Labute approximate surface area is 113 Å². The van der Waals surface area contributed by atoms with Crippen molar-refractivity contribution in [1.82, 2.24) is 9.55 Å². The first-order chi connectivity index (χ1) is 8.95. The Bertz CT molecular complexity index is 633. The first-order valence-corrected chi connectivity index (χ1v) is 5.80. The maximum atomic E-state index is 11.1. The Balaban J connectivity index is 2.46. The van der Waals surface area contributed by atoms with Crippen LogP contribution in [0.25, 0.3) is 0 Å². The maximum absolute atomic E-state index is 11.1. The van der Waals surface area contributed by atoms with Gasteiger partial charge in [-0.3, -0.25) is 14.3 Å². The van der Waals surface area contributed by atoms with Crippen LogP contribution in [0.5, 0.6) is 0 Å². The summed E-state index contributed by atoms with van der Waals surface area (Å²) in [5, 5.41) is 29.1. The van der Waals surface area contributed by atoms with Crippen molar-refractivity contribution in [2.45, 2.75) is 24.0 Å². The van der Waals surface area contributed by atoms with Gasteiger partial charge in [0.05, 0.1) is 6.61 Å². The van der Waals surface area contributed by atoms with Crippen LogP contribution in [0.2, 0.25) is 0 Å². The van der Waals surface area contributed by atoms with Gasteiger partial charge < -0.3 is 20.1 Å². The molecule has 1 aliphatic heterocycles. The fourth-order valence-corrected chi connectivity index (χ4v) is 2.20. The van der Waals surface area contributed by atoms with Gasteiger partial charge in [-0.2, -0.15) is 0 Å². The van der Waals surface area contributed by atoms with Crippen LogP contribution in [-0.4, -0.2) is 49.3 Å². The van der Waals surface area contributed by atoms with Gasteiger partial charge in [0.1, 0.15) is 12.2 Å². The molecule has 1 aromatic rings. The first-order valence-electron chi connectivity index (χ1n) is 5.39. The highest BCUT2D eigenvalue weighted by Crippen LogP contribution is 2.36. The van der Waals surface area contributed by atoms with Crippen LogP contribution < -0.4 is 5.56 Å². The highest BCUT2D eigenvalue weighted by molar-refractivity contribution is 7.71. The number of rotatable bonds is 2. The Morgan fingerprint density at radius 2 is 2.32 bits per heavy atom. The van der Waals surface area contributed by atoms with Crippen molar-refractivity contribution in [3.63, 3.8) is 0 Å². The summed E-state index contributed by atoms with van der Waals surface area (Å²) in [7, 11) is 0. The van der Waals surface area contributed by atoms with Crippen LogP contribution in [0.3, 0.4) is 0 Å². The summed E-state index contributed by atoms with van der Waals surface area (Å²) < 4.78 is 6.62. The van der Waals surface area contributed by atoms with Crippen molar-refractivity contribution in [3.8, 4) is 12.3 Å². The average Bonchev–Trinajstić information content (AvgIpc) is 2.64. The van der Waals surface area contributed by atoms with Gasteiger partial charge in [0.15, 0.2) is 16.6 Å². The maximum Gasteiger partial charge on any atom is 0.251 e. The summed E-state index contributed by atoms with van der Waals surface area (Å²) in [4.78, 5) is 13.4. The average molecular weight is 284 g/mol. The van der Waals surface area contributed by atoms with E-state index in [1.54, 1.807) is 0 Å². The molecule has 0 amide bonds. The van der Waals surface area contributed by atoms with E-state index >= 15 is 0 Å². The molecule has 2 rings (SSSR count). The third kappa shape index (κ3) is 2.11. The Morgan fingerprint density at radius 1 is 1.63 bits per heavy atom. The zero-order valence-corrected chi connectivity index (χ0v) is 10.5. The van der Waals surface area contributed by atoms with E-state index in [1.807, 2.05) is 0 Å². The highest BCUT2D eigenvalue weighted by atomic mass is 32.1. The summed E-state index contributed by atoms with van der Waals surface area (Å²) in [5.74, 6) is 2.14. The van der Waals surface area contributed by atoms with Crippen LogP contribution in [0.4, 0.5) is 0 Å². The monoisotopic (exact) mass is 284 g/mol. The van der Waals surface area contributed by atoms with E-state index in [1.165, 1.54) is 16.8 Å². The minimum Gasteiger partial charge on any atom is -0.392 e. The Morgan fingerprint density at radius 3 is 2.79 bits per heavy atom. The molecule has 0 radical (unpaired) electrons. The van der Waals surface area contributed by atoms with Crippen LogP contribution in [0.15, 0.2) is 17.1 Å². The number of hydrogen-bond donors (Lipinski definition) is 4. The van der Waals surface area contributed by atoms with Crippen molar-refractivity contribution in [1.29, 1.82) is 0 Å². The van der Waals surface area contributed by atoms with Crippen molar-refractivity contribution in [2.24, 2.45) is 0 Å². The van der Waals surface area contributed by atoms with Gasteiger partial charge in [0.25, 0.3) is 5.56 Å². The van der Waals surface area contributed by atoms with Crippen molar-refractivity contribution in [3.05, 3.63) is 27.4 Å². The van der Waals surface area contributed by atoms with Crippen molar-refractivity contribution < 1.29 is 20.1 Å². The molecule has 7 nitrogen and oxygen atoms in total. The molecule has 0 saturated carbocycles. The lowest BCUT2D eigenvalue weighted by molar-refractivity contribution is -0.0930. The molecule has 4 N–H and O–H groups in total. The van der Waals surface area contributed by atoms with E-state index in [2.05, 4.69) is 10.9 Å². The fraction of sp³-hybridized carbons (Fsp3) is 0.455. The SMILES string of the molecule is C#C[C@]1(CO)O[C@@H](n2ccc(=O)[nH]c2=S)[C@H](O)[C@@H]1O. The Hall–Kier alpha value is -1.50. The number of aromatic nitrogens is 2. The largest absolute Gasteiger partial charge is 0.392 e. The molecule has 1 aliphatic rings. The lowest BCUT2D eigenvalue weighted by Gasteiger charge is -2.23. The van der Waals surface area contributed by atoms with Gasteiger partial charge in [-0.15, -0.1) is 6.42 Å². The molecule has 102 valence electrons. The summed E-state index contributed by atoms with van der Waals surface area (Å²) in [6.07, 6.45) is 2.59. The topological polar surface area (TPSA) is 108 Å². The van der Waals surface area contributed by atoms with E-state index in [9.17, 15) is 20.1 Å². The van der Waals surface area contributed by atoms with Gasteiger partial charge in [-0.25, -0.2) is 0 Å². The zero-order valence-electron chi connectivity index (χ0n) is 9.68. The van der Waals surface area contributed by atoms with Crippen LogP contribution >= 0.6 is 12.2 Å². The molecule has 0 aromatic carbocycles. The summed E-state index contributed by atoms with van der Waals surface area (Å²) in [6.45, 7) is -0.658. The molecule has 0 spiro atoms. The van der Waals surface area contributed by atoms with Gasteiger partial charge in [0.2, 0.25) is 0 Å². The van der Waals surface area contributed by atoms with Gasteiger partial charge >= 0.3 is 0 Å². The minimum atomic E-state index is -1.70. The molecule has 0 aliphatic carbocycles. The molecular formula is C11H12N2O5S. The molecule has 0 bridgehead atoms. The molecule has 4 atom stereocenters. The molecule has 19 heavy (non-hydrogen) atoms. The van der Waals surface area contributed by atoms with E-state index in [4.69, 9.17) is 23.4 Å². The van der Waals surface area contributed by atoms with Gasteiger partial charge in [0, 0.05) is 12.3 Å². The van der Waals surface area contributed by atoms with Crippen LogP contribution in [0, 0.1) is 17.1 Å². The van der Waals surface area contributed by atoms with E-state index in [0.717, 1.165) is 0 Å². The molecule has 1 aromatic heterocycles. The van der Waals surface area contributed by atoms with Crippen LogP contribution in [0.1, 0.15) is 6.23 Å². The fourth-order valence-electron chi connectivity index (χ4n) is 1.93. The molecule has 1 fully saturated rings. The zero-order chi connectivity index (χ0) is 14.2.